The Hall–Kier alpha value is -2.91. The topological polar surface area (TPSA) is 108 Å². The summed E-state index contributed by atoms with van der Waals surface area (Å²) in [5, 5.41) is 8.92. The molecule has 8 nitrogen and oxygen atoms in total. The van der Waals surface area contributed by atoms with Crippen molar-refractivity contribution in [1.29, 1.82) is 0 Å². The lowest BCUT2D eigenvalue weighted by molar-refractivity contribution is -0.123. The number of anilines is 1. The van der Waals surface area contributed by atoms with Crippen LogP contribution in [0.4, 0.5) is 5.69 Å². The Morgan fingerprint density at radius 2 is 1.62 bits per heavy atom. The molecule has 2 aromatic rings. The third-order valence-corrected chi connectivity index (χ3v) is 7.48. The Morgan fingerprint density at radius 3 is 2.24 bits per heavy atom. The Morgan fingerprint density at radius 1 is 0.941 bits per heavy atom. The summed E-state index contributed by atoms with van der Waals surface area (Å²) in [4.78, 5) is 25.7. The highest BCUT2D eigenvalue weighted by atomic mass is 32.2. The average molecular weight is 489 g/mol. The van der Waals surface area contributed by atoms with E-state index in [1.54, 1.807) is 19.9 Å². The zero-order valence-corrected chi connectivity index (χ0v) is 21.2. The van der Waals surface area contributed by atoms with E-state index in [1.165, 1.54) is 22.5 Å². The molecular formula is C25H36N4O4S. The van der Waals surface area contributed by atoms with E-state index in [-0.39, 0.29) is 22.3 Å². The van der Waals surface area contributed by atoms with Crippen molar-refractivity contribution in [3.8, 4) is 0 Å². The monoisotopic (exact) mass is 488 g/mol. The number of nitrogens with one attached hydrogen (secondary N) is 3. The highest BCUT2D eigenvalue weighted by molar-refractivity contribution is 7.89. The van der Waals surface area contributed by atoms with Crippen molar-refractivity contribution in [3.63, 3.8) is 0 Å². The second-order valence-electron chi connectivity index (χ2n) is 8.25. The number of hydrogen-bond acceptors (Lipinski definition) is 5. The van der Waals surface area contributed by atoms with Gasteiger partial charge in [-0.15, -0.1) is 0 Å². The minimum Gasteiger partial charge on any atom is -0.385 e. The van der Waals surface area contributed by atoms with Crippen molar-refractivity contribution in [2.45, 2.75) is 45.1 Å². The molecule has 0 spiro atoms. The van der Waals surface area contributed by atoms with E-state index in [2.05, 4.69) is 16.0 Å². The van der Waals surface area contributed by atoms with Crippen LogP contribution in [0.5, 0.6) is 0 Å². The lowest BCUT2D eigenvalue weighted by Gasteiger charge is -2.22. The summed E-state index contributed by atoms with van der Waals surface area (Å²) in [6, 6.07) is 15.0. The number of amides is 2. The van der Waals surface area contributed by atoms with Gasteiger partial charge in [-0.1, -0.05) is 52.0 Å². The number of carbonyl (C=O) groups is 2. The lowest BCUT2D eigenvalue weighted by Crippen LogP contribution is -2.50. The van der Waals surface area contributed by atoms with Crippen molar-refractivity contribution < 1.29 is 18.0 Å². The van der Waals surface area contributed by atoms with Gasteiger partial charge in [-0.25, -0.2) is 8.42 Å². The van der Waals surface area contributed by atoms with Crippen molar-refractivity contribution in [3.05, 3.63) is 60.2 Å². The maximum absolute atomic E-state index is 12.9. The fourth-order valence-corrected chi connectivity index (χ4v) is 4.97. The van der Waals surface area contributed by atoms with Gasteiger partial charge in [0, 0.05) is 37.4 Å². The molecule has 0 aliphatic carbocycles. The molecule has 0 aliphatic heterocycles. The first-order valence-electron chi connectivity index (χ1n) is 11.7. The molecule has 2 amide bonds. The first-order valence-corrected chi connectivity index (χ1v) is 13.1. The smallest absolute Gasteiger partial charge is 0.251 e. The van der Waals surface area contributed by atoms with Crippen molar-refractivity contribution in [2.75, 3.05) is 31.5 Å². The summed E-state index contributed by atoms with van der Waals surface area (Å²) >= 11 is 0. The van der Waals surface area contributed by atoms with E-state index in [4.69, 9.17) is 0 Å². The number of para-hydroxylation sites is 1. The molecule has 186 valence electrons. The maximum Gasteiger partial charge on any atom is 0.251 e. The van der Waals surface area contributed by atoms with Crippen LogP contribution in [0.3, 0.4) is 0 Å². The minimum absolute atomic E-state index is 0.0558. The molecule has 0 heterocycles. The number of nitrogens with zero attached hydrogens (tertiary/aromatic N) is 1. The number of sulfonamides is 1. The Balaban J connectivity index is 1.97. The second kappa shape index (κ2) is 13.1. The summed E-state index contributed by atoms with van der Waals surface area (Å²) in [7, 11) is -3.69. The minimum atomic E-state index is -3.69. The molecule has 0 radical (unpaired) electrons. The molecule has 0 fully saturated rings. The number of rotatable bonds is 13. The molecule has 2 rings (SSSR count). The molecule has 0 saturated carbocycles. The predicted molar refractivity (Wildman–Crippen MR) is 135 cm³/mol. The first kappa shape index (κ1) is 27.3. The van der Waals surface area contributed by atoms with Crippen LogP contribution in [0.2, 0.25) is 0 Å². The van der Waals surface area contributed by atoms with Crippen LogP contribution >= 0.6 is 0 Å². The van der Waals surface area contributed by atoms with Crippen LogP contribution in [0, 0.1) is 5.92 Å². The van der Waals surface area contributed by atoms with Gasteiger partial charge in [0.2, 0.25) is 15.9 Å². The Kier molecular flexibility index (Phi) is 10.5. The van der Waals surface area contributed by atoms with Gasteiger partial charge in [-0.2, -0.15) is 4.31 Å². The summed E-state index contributed by atoms with van der Waals surface area (Å²) < 4.78 is 26.9. The van der Waals surface area contributed by atoms with Crippen molar-refractivity contribution in [2.24, 2.45) is 5.92 Å². The summed E-state index contributed by atoms with van der Waals surface area (Å²) in [6.45, 7) is 9.08. The highest BCUT2D eigenvalue weighted by Crippen LogP contribution is 2.17. The third-order valence-electron chi connectivity index (χ3n) is 5.43. The Labute approximate surface area is 203 Å². The van der Waals surface area contributed by atoms with Gasteiger partial charge in [-0.3, -0.25) is 9.59 Å². The van der Waals surface area contributed by atoms with Crippen molar-refractivity contribution in [1.82, 2.24) is 14.9 Å². The van der Waals surface area contributed by atoms with Gasteiger partial charge >= 0.3 is 0 Å². The van der Waals surface area contributed by atoms with Crippen LogP contribution in [-0.4, -0.2) is 56.8 Å². The van der Waals surface area contributed by atoms with E-state index in [1.807, 2.05) is 44.2 Å². The molecular weight excluding hydrogens is 452 g/mol. The van der Waals surface area contributed by atoms with Gasteiger partial charge in [0.15, 0.2) is 0 Å². The van der Waals surface area contributed by atoms with Crippen molar-refractivity contribution >= 4 is 27.5 Å². The van der Waals surface area contributed by atoms with E-state index in [0.29, 0.717) is 26.2 Å². The number of hydrogen-bond donors (Lipinski definition) is 3. The van der Waals surface area contributed by atoms with Gasteiger partial charge in [0.1, 0.15) is 6.04 Å². The molecule has 1 atom stereocenters. The molecule has 9 heteroatoms. The van der Waals surface area contributed by atoms with Crippen LogP contribution < -0.4 is 16.0 Å². The maximum atomic E-state index is 12.9. The van der Waals surface area contributed by atoms with Gasteiger partial charge in [-0.05, 0) is 42.7 Å². The van der Waals surface area contributed by atoms with Crippen LogP contribution in [0.15, 0.2) is 59.5 Å². The third kappa shape index (κ3) is 7.56. The van der Waals surface area contributed by atoms with Crippen LogP contribution in [-0.2, 0) is 14.8 Å². The summed E-state index contributed by atoms with van der Waals surface area (Å²) in [5.41, 5.74) is 1.21. The van der Waals surface area contributed by atoms with Crippen LogP contribution in [0.25, 0.3) is 0 Å². The lowest BCUT2D eigenvalue weighted by atomic mass is 10.0. The average Bonchev–Trinajstić information content (AvgIpc) is 2.83. The number of carbonyl (C=O) groups excluding carboxylic acids is 2. The zero-order valence-electron chi connectivity index (χ0n) is 20.4. The molecule has 2 aromatic carbocycles. The van der Waals surface area contributed by atoms with E-state index < -0.39 is 22.0 Å². The molecule has 34 heavy (non-hydrogen) atoms. The largest absolute Gasteiger partial charge is 0.385 e. The molecule has 0 bridgehead atoms. The molecule has 0 saturated heterocycles. The molecule has 0 aromatic heterocycles. The summed E-state index contributed by atoms with van der Waals surface area (Å²) in [5.74, 6) is -0.903. The van der Waals surface area contributed by atoms with E-state index in [0.717, 1.165) is 12.1 Å². The molecule has 0 aliphatic rings. The number of benzene rings is 2. The summed E-state index contributed by atoms with van der Waals surface area (Å²) in [6.07, 6.45) is 0.727. The van der Waals surface area contributed by atoms with Gasteiger partial charge in [0.25, 0.3) is 5.91 Å². The SMILES string of the molecule is CCN(CC)S(=O)(=O)c1cccc(C(=O)NC(C(=O)NCCCNc2ccccc2)C(C)C)c1. The molecule has 1 unspecified atom stereocenters. The van der Waals surface area contributed by atoms with Gasteiger partial charge < -0.3 is 16.0 Å². The fraction of sp³-hybridized carbons (Fsp3) is 0.440. The van der Waals surface area contributed by atoms with E-state index in [9.17, 15) is 18.0 Å². The van der Waals surface area contributed by atoms with E-state index >= 15 is 0 Å². The molecule has 3 N–H and O–H groups in total. The quantitative estimate of drug-likeness (QED) is 0.376. The normalized spacial score (nSPS) is 12.4. The standard InChI is InChI=1S/C25H36N4O4S/c1-5-29(6-2)34(32,33)22-15-10-12-20(18-22)24(30)28-23(19(3)4)25(31)27-17-11-16-26-21-13-8-7-9-14-21/h7-10,12-15,18-19,23,26H,5-6,11,16-17H2,1-4H3,(H,27,31)(H,28,30). The second-order valence-corrected chi connectivity index (χ2v) is 10.2. The Bertz CT molecular complexity index is 1040. The predicted octanol–water partition coefficient (Wildman–Crippen LogP) is 3.09. The van der Waals surface area contributed by atoms with Crippen LogP contribution in [0.1, 0.15) is 44.5 Å². The first-order chi connectivity index (χ1) is 16.2. The highest BCUT2D eigenvalue weighted by Gasteiger charge is 2.26. The fourth-order valence-electron chi connectivity index (χ4n) is 3.47. The van der Waals surface area contributed by atoms with Gasteiger partial charge in [0.05, 0.1) is 4.90 Å². The zero-order chi connectivity index (χ0) is 25.1.